The van der Waals surface area contributed by atoms with Gasteiger partial charge in [0, 0.05) is 6.21 Å². The van der Waals surface area contributed by atoms with Gasteiger partial charge < -0.3 is 4.42 Å². The zero-order valence-electron chi connectivity index (χ0n) is 13.6. The monoisotopic (exact) mass is 434 g/mol. The van der Waals surface area contributed by atoms with E-state index in [1.807, 2.05) is 30.3 Å². The molecule has 0 bridgehead atoms. The summed E-state index contributed by atoms with van der Waals surface area (Å²) < 4.78 is 5.80. The highest BCUT2D eigenvalue weighted by molar-refractivity contribution is 6.43. The van der Waals surface area contributed by atoms with Gasteiger partial charge in [-0.25, -0.2) is 4.98 Å². The quantitative estimate of drug-likeness (QED) is 0.307. The maximum absolute atomic E-state index is 6.25. The van der Waals surface area contributed by atoms with E-state index in [1.165, 1.54) is 0 Å². The third-order valence-corrected chi connectivity index (χ3v) is 5.42. The van der Waals surface area contributed by atoms with Gasteiger partial charge in [0.05, 0.1) is 31.3 Å². The van der Waals surface area contributed by atoms with E-state index < -0.39 is 0 Å². The van der Waals surface area contributed by atoms with Crippen LogP contribution in [0, 0.1) is 0 Å². The Labute approximate surface area is 175 Å². The Morgan fingerprint density at radius 3 is 2.52 bits per heavy atom. The predicted octanol–water partition coefficient (Wildman–Crippen LogP) is 7.86. The molecule has 7 heteroatoms. The second-order valence-electron chi connectivity index (χ2n) is 5.70. The molecule has 1 aromatic heterocycles. The number of oxazole rings is 1. The third kappa shape index (κ3) is 3.83. The molecular formula is C20H10Cl4N2O. The third-order valence-electron chi connectivity index (χ3n) is 3.86. The van der Waals surface area contributed by atoms with E-state index in [4.69, 9.17) is 50.8 Å². The van der Waals surface area contributed by atoms with Crippen LogP contribution in [0.1, 0.15) is 5.56 Å². The average Bonchev–Trinajstić information content (AvgIpc) is 3.08. The smallest absolute Gasteiger partial charge is 0.228 e. The number of hydrogen-bond acceptors (Lipinski definition) is 3. The van der Waals surface area contributed by atoms with Crippen LogP contribution in [0.4, 0.5) is 5.69 Å². The molecule has 0 aliphatic rings. The molecule has 0 spiro atoms. The van der Waals surface area contributed by atoms with Gasteiger partial charge in [-0.05, 0) is 48.0 Å². The number of aliphatic imine (C=N–C) groups is 1. The van der Waals surface area contributed by atoms with Crippen LogP contribution >= 0.6 is 46.4 Å². The Morgan fingerprint density at radius 2 is 1.70 bits per heavy atom. The summed E-state index contributed by atoms with van der Waals surface area (Å²) in [5.74, 6) is 0.406. The summed E-state index contributed by atoms with van der Waals surface area (Å²) in [6.45, 7) is 0. The molecule has 0 saturated carbocycles. The van der Waals surface area contributed by atoms with Gasteiger partial charge in [0.25, 0.3) is 0 Å². The second-order valence-corrected chi connectivity index (χ2v) is 7.30. The van der Waals surface area contributed by atoms with Gasteiger partial charge in [0.1, 0.15) is 5.52 Å². The topological polar surface area (TPSA) is 38.4 Å². The van der Waals surface area contributed by atoms with E-state index in [0.29, 0.717) is 42.6 Å². The molecule has 27 heavy (non-hydrogen) atoms. The van der Waals surface area contributed by atoms with Gasteiger partial charge in [0.2, 0.25) is 5.89 Å². The van der Waals surface area contributed by atoms with Gasteiger partial charge in [-0.1, -0.05) is 58.5 Å². The lowest BCUT2D eigenvalue weighted by atomic mass is 10.2. The summed E-state index contributed by atoms with van der Waals surface area (Å²) in [5, 5.41) is 1.84. The summed E-state index contributed by atoms with van der Waals surface area (Å²) in [6, 6.07) is 16.1. The van der Waals surface area contributed by atoms with E-state index in [9.17, 15) is 0 Å². The maximum atomic E-state index is 6.25. The molecule has 3 aromatic carbocycles. The molecule has 0 amide bonds. The van der Waals surface area contributed by atoms with Crippen LogP contribution in [0.15, 0.2) is 64.0 Å². The second kappa shape index (κ2) is 7.53. The first-order chi connectivity index (χ1) is 13.0. The minimum absolute atomic E-state index is 0.406. The fourth-order valence-electron chi connectivity index (χ4n) is 2.52. The zero-order chi connectivity index (χ0) is 19.0. The Hall–Kier alpha value is -2.04. The molecule has 4 rings (SSSR count). The van der Waals surface area contributed by atoms with Crippen molar-refractivity contribution in [2.45, 2.75) is 0 Å². The highest BCUT2D eigenvalue weighted by atomic mass is 35.5. The molecule has 3 nitrogen and oxygen atoms in total. The van der Waals surface area contributed by atoms with E-state index in [0.717, 1.165) is 11.3 Å². The lowest BCUT2D eigenvalue weighted by Crippen LogP contribution is -1.81. The Morgan fingerprint density at radius 1 is 0.852 bits per heavy atom. The normalized spacial score (nSPS) is 11.6. The van der Waals surface area contributed by atoms with Crippen molar-refractivity contribution in [3.05, 3.63) is 80.3 Å². The zero-order valence-corrected chi connectivity index (χ0v) is 16.6. The molecule has 0 atom stereocenters. The van der Waals surface area contributed by atoms with Crippen molar-refractivity contribution < 1.29 is 4.42 Å². The summed E-state index contributed by atoms with van der Waals surface area (Å²) in [5.41, 5.74) is 3.52. The van der Waals surface area contributed by atoms with Crippen molar-refractivity contribution in [3.8, 4) is 11.5 Å². The number of rotatable bonds is 3. The van der Waals surface area contributed by atoms with Gasteiger partial charge in [-0.2, -0.15) is 0 Å². The number of nitrogens with zero attached hydrogens (tertiary/aromatic N) is 2. The van der Waals surface area contributed by atoms with Crippen molar-refractivity contribution in [2.75, 3.05) is 0 Å². The first-order valence-electron chi connectivity index (χ1n) is 7.85. The first kappa shape index (κ1) is 18.3. The average molecular weight is 436 g/mol. The number of fused-ring (bicyclic) bond motifs is 1. The fraction of sp³-hybridized carbons (Fsp3) is 0. The van der Waals surface area contributed by atoms with Crippen molar-refractivity contribution in [3.63, 3.8) is 0 Å². The Bertz CT molecular complexity index is 1180. The van der Waals surface area contributed by atoms with E-state index >= 15 is 0 Å². The molecule has 4 aromatic rings. The van der Waals surface area contributed by atoms with Crippen molar-refractivity contribution in [2.24, 2.45) is 4.99 Å². The maximum Gasteiger partial charge on any atom is 0.228 e. The van der Waals surface area contributed by atoms with Crippen LogP contribution in [-0.4, -0.2) is 11.2 Å². The van der Waals surface area contributed by atoms with Gasteiger partial charge in [-0.15, -0.1) is 0 Å². The number of halogens is 4. The van der Waals surface area contributed by atoms with Gasteiger partial charge in [0.15, 0.2) is 5.58 Å². The fourth-order valence-corrected chi connectivity index (χ4v) is 3.21. The SMILES string of the molecule is Clc1ccc(C=Nc2ccc3oc(-c4cccc(Cl)c4Cl)nc3c2)cc1Cl. The standard InChI is InChI=1S/C20H10Cl4N2O/c21-14-6-4-11(8-16(14)23)10-25-12-5-7-18-17(9-12)26-20(27-18)13-2-1-3-15(22)19(13)24/h1-10H. The molecule has 0 aliphatic heterocycles. The van der Waals surface area contributed by atoms with E-state index in [-0.39, 0.29) is 0 Å². The highest BCUT2D eigenvalue weighted by Crippen LogP contribution is 2.35. The minimum Gasteiger partial charge on any atom is -0.436 e. The van der Waals surface area contributed by atoms with Crippen molar-refractivity contribution >= 4 is 69.4 Å². The van der Waals surface area contributed by atoms with E-state index in [1.54, 1.807) is 30.5 Å². The van der Waals surface area contributed by atoms with Gasteiger partial charge >= 0.3 is 0 Å². The summed E-state index contributed by atoms with van der Waals surface area (Å²) in [7, 11) is 0. The lowest BCUT2D eigenvalue weighted by molar-refractivity contribution is 0.620. The molecule has 1 heterocycles. The van der Waals surface area contributed by atoms with E-state index in [2.05, 4.69) is 9.98 Å². The molecule has 0 saturated heterocycles. The molecule has 0 fully saturated rings. The predicted molar refractivity (Wildman–Crippen MR) is 113 cm³/mol. The lowest BCUT2D eigenvalue weighted by Gasteiger charge is -2.00. The van der Waals surface area contributed by atoms with Crippen LogP contribution in [0.2, 0.25) is 20.1 Å². The summed E-state index contributed by atoms with van der Waals surface area (Å²) in [4.78, 5) is 8.96. The first-order valence-corrected chi connectivity index (χ1v) is 9.36. The molecule has 0 unspecified atom stereocenters. The number of aromatic nitrogens is 1. The largest absolute Gasteiger partial charge is 0.436 e. The van der Waals surface area contributed by atoms with Crippen LogP contribution in [0.3, 0.4) is 0 Å². The minimum atomic E-state index is 0.406. The highest BCUT2D eigenvalue weighted by Gasteiger charge is 2.13. The molecular weight excluding hydrogens is 426 g/mol. The van der Waals surface area contributed by atoms with Crippen LogP contribution < -0.4 is 0 Å². The van der Waals surface area contributed by atoms with Crippen molar-refractivity contribution in [1.29, 1.82) is 0 Å². The summed E-state index contributed by atoms with van der Waals surface area (Å²) in [6.07, 6.45) is 1.71. The van der Waals surface area contributed by atoms with Crippen LogP contribution in [-0.2, 0) is 0 Å². The molecule has 0 radical (unpaired) electrons. The Balaban J connectivity index is 1.67. The van der Waals surface area contributed by atoms with Crippen LogP contribution in [0.5, 0.6) is 0 Å². The van der Waals surface area contributed by atoms with Gasteiger partial charge in [-0.3, -0.25) is 4.99 Å². The molecule has 134 valence electrons. The number of hydrogen-bond donors (Lipinski definition) is 0. The van der Waals surface area contributed by atoms with Crippen LogP contribution in [0.25, 0.3) is 22.6 Å². The van der Waals surface area contributed by atoms with Crippen molar-refractivity contribution in [1.82, 2.24) is 4.98 Å². The summed E-state index contributed by atoms with van der Waals surface area (Å²) >= 11 is 24.3. The number of benzene rings is 3. The molecule has 0 aliphatic carbocycles. The Kier molecular flexibility index (Phi) is 5.11. The molecule has 0 N–H and O–H groups in total.